The molecular weight excluding hydrogens is 634 g/mol. The van der Waals surface area contributed by atoms with Crippen molar-refractivity contribution in [2.24, 2.45) is 11.7 Å². The average Bonchev–Trinajstić information content (AvgIpc) is 3.69. The summed E-state index contributed by atoms with van der Waals surface area (Å²) in [7, 11) is 0. The fourth-order valence-electron chi connectivity index (χ4n) is 6.82. The van der Waals surface area contributed by atoms with Gasteiger partial charge in [0.15, 0.2) is 0 Å². The monoisotopic (exact) mass is 679 g/mol. The van der Waals surface area contributed by atoms with Crippen molar-refractivity contribution in [3.8, 4) is 0 Å². The topological polar surface area (TPSA) is 152 Å². The van der Waals surface area contributed by atoms with Crippen LogP contribution in [0.1, 0.15) is 63.3 Å². The van der Waals surface area contributed by atoms with Crippen molar-refractivity contribution in [3.05, 3.63) is 70.7 Å². The van der Waals surface area contributed by atoms with E-state index in [-0.39, 0.29) is 29.4 Å². The van der Waals surface area contributed by atoms with Crippen molar-refractivity contribution in [1.82, 2.24) is 25.1 Å². The van der Waals surface area contributed by atoms with Crippen LogP contribution in [0.15, 0.2) is 48.8 Å². The Morgan fingerprint density at radius 1 is 1.19 bits per heavy atom. The smallest absolute Gasteiger partial charge is 0.431 e. The van der Waals surface area contributed by atoms with Crippen LogP contribution < -0.4 is 16.4 Å². The van der Waals surface area contributed by atoms with E-state index >= 15 is 0 Å². The van der Waals surface area contributed by atoms with Gasteiger partial charge in [0.1, 0.15) is 0 Å². The fraction of sp³-hybridized carbons (Fsp3) is 0.514. The van der Waals surface area contributed by atoms with E-state index in [0.29, 0.717) is 41.9 Å². The Bertz CT molecular complexity index is 1540. The quantitative estimate of drug-likeness (QED) is 0.189. The zero-order valence-electron chi connectivity index (χ0n) is 27.9. The van der Waals surface area contributed by atoms with Crippen molar-refractivity contribution in [2.75, 3.05) is 51.1 Å². The summed E-state index contributed by atoms with van der Waals surface area (Å²) in [4.78, 5) is 50.1. The molecule has 0 saturated carbocycles. The minimum Gasteiger partial charge on any atom is -0.431 e. The Hall–Kier alpha value is -4.00. The van der Waals surface area contributed by atoms with Crippen LogP contribution in [0.5, 0.6) is 0 Å². The molecule has 48 heavy (non-hydrogen) atoms. The molecule has 2 atom stereocenters. The number of nitrogens with two attached hydrogens (primary N) is 1. The first kappa shape index (κ1) is 35.3. The zero-order valence-corrected chi connectivity index (χ0v) is 28.7. The van der Waals surface area contributed by atoms with Crippen LogP contribution in [0.4, 0.5) is 10.7 Å². The molecule has 258 valence electrons. The fourth-order valence-corrected chi connectivity index (χ4v) is 7.01. The number of likely N-dealkylation sites (tertiary alicyclic amines) is 2. The maximum Gasteiger partial charge on any atom is 0.516 e. The van der Waals surface area contributed by atoms with Crippen molar-refractivity contribution < 1.29 is 23.9 Å². The molecule has 4 N–H and O–H groups in total. The number of nitrogens with one attached hydrogen (secondary N) is 2. The van der Waals surface area contributed by atoms with E-state index in [1.54, 1.807) is 32.3 Å². The van der Waals surface area contributed by atoms with Crippen LogP contribution in [0.2, 0.25) is 5.02 Å². The Labute approximate surface area is 287 Å². The molecule has 4 heterocycles. The number of ether oxygens (including phenoxy) is 2. The van der Waals surface area contributed by atoms with E-state index in [1.807, 2.05) is 23.1 Å². The number of amides is 1. The average molecular weight is 680 g/mol. The molecule has 13 heteroatoms. The van der Waals surface area contributed by atoms with Crippen LogP contribution in [0, 0.1) is 5.92 Å². The van der Waals surface area contributed by atoms with E-state index in [2.05, 4.69) is 38.2 Å². The SMILES string of the molecule is CC(C)OC(=O)OC(=O)/C=C/CN1CCC(C)(c2ccccc2/C(=C\N)c2nc(N[C@H]3CCN(C(=O)C4CCNCC4)C3)ncc2Cl)C1. The van der Waals surface area contributed by atoms with Crippen molar-refractivity contribution in [3.63, 3.8) is 0 Å². The molecule has 3 fully saturated rings. The van der Waals surface area contributed by atoms with Gasteiger partial charge in [0, 0.05) is 61.4 Å². The van der Waals surface area contributed by atoms with Gasteiger partial charge < -0.3 is 30.7 Å². The predicted molar refractivity (Wildman–Crippen MR) is 184 cm³/mol. The summed E-state index contributed by atoms with van der Waals surface area (Å²) in [6, 6.07) is 8.16. The molecule has 0 spiro atoms. The third-order valence-corrected chi connectivity index (χ3v) is 9.52. The van der Waals surface area contributed by atoms with Gasteiger partial charge in [-0.2, -0.15) is 0 Å². The molecule has 2 aromatic rings. The van der Waals surface area contributed by atoms with Crippen LogP contribution in [0.3, 0.4) is 0 Å². The second-order valence-electron chi connectivity index (χ2n) is 13.2. The number of carbonyl (C=O) groups is 3. The Morgan fingerprint density at radius 2 is 1.96 bits per heavy atom. The van der Waals surface area contributed by atoms with E-state index < -0.39 is 12.1 Å². The highest BCUT2D eigenvalue weighted by Gasteiger charge is 2.37. The number of hydrogen-bond donors (Lipinski definition) is 3. The molecule has 0 bridgehead atoms. The molecule has 3 aliphatic heterocycles. The Balaban J connectivity index is 1.25. The highest BCUT2D eigenvalue weighted by atomic mass is 35.5. The molecule has 1 aromatic heterocycles. The first-order valence-corrected chi connectivity index (χ1v) is 17.1. The first-order valence-electron chi connectivity index (χ1n) is 16.7. The van der Waals surface area contributed by atoms with Gasteiger partial charge >= 0.3 is 12.1 Å². The molecule has 12 nitrogen and oxygen atoms in total. The van der Waals surface area contributed by atoms with E-state index in [1.165, 1.54) is 6.08 Å². The molecule has 1 aromatic carbocycles. The van der Waals surface area contributed by atoms with Gasteiger partial charge in [-0.3, -0.25) is 9.69 Å². The largest absolute Gasteiger partial charge is 0.516 e. The van der Waals surface area contributed by atoms with E-state index in [9.17, 15) is 14.4 Å². The van der Waals surface area contributed by atoms with Crippen LogP contribution in [0.25, 0.3) is 5.57 Å². The number of carbonyl (C=O) groups excluding carboxylic acids is 3. The minimum absolute atomic E-state index is 0.0374. The van der Waals surface area contributed by atoms with E-state index in [4.69, 9.17) is 27.1 Å². The highest BCUT2D eigenvalue weighted by molar-refractivity contribution is 6.32. The standard InChI is InChI=1S/C35H46ClN7O5/c1-23(2)47-34(46)48-30(44)9-6-16-42-18-13-35(3,22-42)28-8-5-4-7-26(28)27(19-37)31-29(36)20-39-33(41-31)40-25-12-17-43(21-25)32(45)24-10-14-38-15-11-24/h4-9,19-20,23-25,38H,10-18,21-22,37H2,1-3H3,(H,39,40,41)/b9-6+,27-19+/t25-,35?/m0/s1. The normalized spacial score (nSPS) is 22.4. The van der Waals surface area contributed by atoms with Gasteiger partial charge in [0.25, 0.3) is 0 Å². The molecule has 0 aliphatic carbocycles. The van der Waals surface area contributed by atoms with E-state index in [0.717, 1.165) is 63.0 Å². The lowest BCUT2D eigenvalue weighted by molar-refractivity contribution is -0.136. The molecule has 1 amide bonds. The molecule has 3 saturated heterocycles. The number of hydrogen-bond acceptors (Lipinski definition) is 11. The second-order valence-corrected chi connectivity index (χ2v) is 13.6. The van der Waals surface area contributed by atoms with Crippen molar-refractivity contribution >= 4 is 41.2 Å². The number of piperidine rings is 1. The summed E-state index contributed by atoms with van der Waals surface area (Å²) in [6.45, 7) is 10.7. The number of benzene rings is 1. The molecule has 3 aliphatic rings. The number of rotatable bonds is 10. The second kappa shape index (κ2) is 15.9. The van der Waals surface area contributed by atoms with Gasteiger partial charge in [-0.25, -0.2) is 19.6 Å². The van der Waals surface area contributed by atoms with Gasteiger partial charge in [-0.05, 0) is 70.3 Å². The van der Waals surface area contributed by atoms with Gasteiger partial charge in [0.05, 0.1) is 23.0 Å². The molecule has 0 radical (unpaired) electrons. The number of nitrogens with zero attached hydrogens (tertiary/aromatic N) is 4. The molecule has 1 unspecified atom stereocenters. The molecule has 5 rings (SSSR count). The Morgan fingerprint density at radius 3 is 2.71 bits per heavy atom. The molecular formula is C35H46ClN7O5. The highest BCUT2D eigenvalue weighted by Crippen LogP contribution is 2.40. The zero-order chi connectivity index (χ0) is 34.3. The van der Waals surface area contributed by atoms with Crippen LogP contribution in [-0.4, -0.2) is 95.8 Å². The number of halogens is 1. The number of anilines is 1. The summed E-state index contributed by atoms with van der Waals surface area (Å²) in [6.07, 6.45) is 8.15. The maximum absolute atomic E-state index is 13.1. The van der Waals surface area contributed by atoms with Gasteiger partial charge in [0.2, 0.25) is 11.9 Å². The lowest BCUT2D eigenvalue weighted by Gasteiger charge is -2.28. The lowest BCUT2D eigenvalue weighted by atomic mass is 9.77. The minimum atomic E-state index is -1.01. The Kier molecular flexibility index (Phi) is 11.7. The predicted octanol–water partition coefficient (Wildman–Crippen LogP) is 4.10. The third-order valence-electron chi connectivity index (χ3n) is 9.24. The summed E-state index contributed by atoms with van der Waals surface area (Å²) in [5.41, 5.74) is 9.33. The number of aromatic nitrogens is 2. The summed E-state index contributed by atoms with van der Waals surface area (Å²) >= 11 is 6.71. The van der Waals surface area contributed by atoms with Crippen LogP contribution >= 0.6 is 11.6 Å². The summed E-state index contributed by atoms with van der Waals surface area (Å²) in [5, 5.41) is 7.14. The van der Waals surface area contributed by atoms with Crippen molar-refractivity contribution in [1.29, 1.82) is 0 Å². The lowest BCUT2D eigenvalue weighted by Crippen LogP contribution is -2.40. The number of esters is 1. The van der Waals surface area contributed by atoms with Gasteiger partial charge in [-0.15, -0.1) is 0 Å². The summed E-state index contributed by atoms with van der Waals surface area (Å²) < 4.78 is 9.51. The van der Waals surface area contributed by atoms with Crippen LogP contribution in [-0.2, 0) is 24.5 Å². The maximum atomic E-state index is 13.1. The van der Waals surface area contributed by atoms with Gasteiger partial charge in [-0.1, -0.05) is 48.9 Å². The first-order chi connectivity index (χ1) is 23.1. The summed E-state index contributed by atoms with van der Waals surface area (Å²) in [5.74, 6) is 0.00648. The third kappa shape index (κ3) is 8.72. The van der Waals surface area contributed by atoms with Crippen molar-refractivity contribution in [2.45, 2.75) is 64.0 Å².